The average molecular weight is 376 g/mol. The van der Waals surface area contributed by atoms with E-state index in [1.807, 2.05) is 36.4 Å². The molecular formula is C18H22BrN3O. The van der Waals surface area contributed by atoms with Crippen molar-refractivity contribution in [1.82, 2.24) is 4.98 Å². The molecule has 2 aromatic rings. The molecule has 23 heavy (non-hydrogen) atoms. The maximum absolute atomic E-state index is 12.1. The molecule has 0 bridgehead atoms. The number of aromatic nitrogens is 1. The Bertz CT molecular complexity index is 641. The number of hydrogen-bond donors (Lipinski definition) is 2. The van der Waals surface area contributed by atoms with Crippen molar-refractivity contribution in [2.24, 2.45) is 5.92 Å². The van der Waals surface area contributed by atoms with Crippen LogP contribution in [0.4, 0.5) is 11.5 Å². The molecule has 1 heterocycles. The number of rotatable bonds is 7. The fourth-order valence-corrected chi connectivity index (χ4v) is 2.51. The molecule has 0 aliphatic heterocycles. The van der Waals surface area contributed by atoms with Crippen molar-refractivity contribution in [2.75, 3.05) is 17.2 Å². The molecule has 0 aliphatic rings. The van der Waals surface area contributed by atoms with Crippen LogP contribution in [0.1, 0.15) is 25.8 Å². The van der Waals surface area contributed by atoms with Crippen LogP contribution in [0.2, 0.25) is 0 Å². The fraction of sp³-hybridized carbons (Fsp3) is 0.333. The zero-order valence-corrected chi connectivity index (χ0v) is 15.1. The van der Waals surface area contributed by atoms with Gasteiger partial charge in [-0.1, -0.05) is 48.0 Å². The van der Waals surface area contributed by atoms with Gasteiger partial charge in [0.1, 0.15) is 5.82 Å². The molecule has 1 aromatic heterocycles. The summed E-state index contributed by atoms with van der Waals surface area (Å²) >= 11 is 3.45. The van der Waals surface area contributed by atoms with Gasteiger partial charge in [-0.15, -0.1) is 0 Å². The van der Waals surface area contributed by atoms with Gasteiger partial charge in [-0.2, -0.15) is 0 Å². The molecule has 0 saturated heterocycles. The Balaban J connectivity index is 1.85. The van der Waals surface area contributed by atoms with Crippen LogP contribution in [0.25, 0.3) is 0 Å². The van der Waals surface area contributed by atoms with Crippen molar-refractivity contribution >= 4 is 33.3 Å². The maximum Gasteiger partial charge on any atom is 0.228 e. The second-order valence-electron chi connectivity index (χ2n) is 5.86. The topological polar surface area (TPSA) is 54.0 Å². The predicted octanol–water partition coefficient (Wildman–Crippen LogP) is 4.48. The van der Waals surface area contributed by atoms with Crippen LogP contribution in [-0.2, 0) is 11.2 Å². The zero-order chi connectivity index (χ0) is 16.7. The van der Waals surface area contributed by atoms with E-state index < -0.39 is 0 Å². The molecule has 2 rings (SSSR count). The Kier molecular flexibility index (Phi) is 6.59. The third kappa shape index (κ3) is 6.02. The molecule has 0 radical (unpaired) electrons. The van der Waals surface area contributed by atoms with Crippen molar-refractivity contribution < 1.29 is 4.79 Å². The van der Waals surface area contributed by atoms with Crippen LogP contribution >= 0.6 is 15.9 Å². The van der Waals surface area contributed by atoms with Crippen LogP contribution in [-0.4, -0.2) is 17.4 Å². The molecule has 0 aliphatic carbocycles. The summed E-state index contributed by atoms with van der Waals surface area (Å²) in [6, 6.07) is 11.5. The molecule has 1 amide bonds. The largest absolute Gasteiger partial charge is 0.370 e. The molecule has 0 spiro atoms. The lowest BCUT2D eigenvalue weighted by Gasteiger charge is -2.09. The maximum atomic E-state index is 12.1. The van der Waals surface area contributed by atoms with E-state index in [0.717, 1.165) is 28.8 Å². The van der Waals surface area contributed by atoms with Gasteiger partial charge >= 0.3 is 0 Å². The van der Waals surface area contributed by atoms with E-state index in [-0.39, 0.29) is 5.91 Å². The van der Waals surface area contributed by atoms with Crippen molar-refractivity contribution in [2.45, 2.75) is 26.7 Å². The highest BCUT2D eigenvalue weighted by Crippen LogP contribution is 2.17. The lowest BCUT2D eigenvalue weighted by molar-refractivity contribution is -0.115. The fourth-order valence-electron chi connectivity index (χ4n) is 2.08. The molecule has 1 aromatic carbocycles. The third-order valence-electron chi connectivity index (χ3n) is 3.38. The predicted molar refractivity (Wildman–Crippen MR) is 98.7 cm³/mol. The SMILES string of the molecule is CC(C)CCNc1ccc(NC(=O)Cc2ccccc2Br)cn1. The van der Waals surface area contributed by atoms with Crippen LogP contribution in [0, 0.1) is 5.92 Å². The first-order chi connectivity index (χ1) is 11.0. The molecule has 0 atom stereocenters. The third-order valence-corrected chi connectivity index (χ3v) is 4.16. The Hall–Kier alpha value is -1.88. The summed E-state index contributed by atoms with van der Waals surface area (Å²) in [7, 11) is 0. The minimum absolute atomic E-state index is 0.0563. The van der Waals surface area contributed by atoms with E-state index in [4.69, 9.17) is 0 Å². The summed E-state index contributed by atoms with van der Waals surface area (Å²) in [6.45, 7) is 5.29. The van der Waals surface area contributed by atoms with E-state index in [2.05, 4.69) is 45.4 Å². The number of nitrogens with zero attached hydrogens (tertiary/aromatic N) is 1. The number of anilines is 2. The first-order valence-corrected chi connectivity index (χ1v) is 8.57. The van der Waals surface area contributed by atoms with Crippen LogP contribution in [0.5, 0.6) is 0 Å². The Labute approximate surface area is 145 Å². The first-order valence-electron chi connectivity index (χ1n) is 7.78. The van der Waals surface area contributed by atoms with Gasteiger partial charge in [0, 0.05) is 11.0 Å². The van der Waals surface area contributed by atoms with Crippen molar-refractivity contribution in [3.63, 3.8) is 0 Å². The molecule has 2 N–H and O–H groups in total. The summed E-state index contributed by atoms with van der Waals surface area (Å²) in [5.74, 6) is 1.44. The number of carbonyl (C=O) groups is 1. The average Bonchev–Trinajstić information content (AvgIpc) is 2.51. The standard InChI is InChI=1S/C18H22BrN3O/c1-13(2)9-10-20-17-8-7-15(12-21-17)22-18(23)11-14-5-3-4-6-16(14)19/h3-8,12-13H,9-11H2,1-2H3,(H,20,21)(H,22,23). The van der Waals surface area contributed by atoms with Crippen molar-refractivity contribution in [3.05, 3.63) is 52.6 Å². The van der Waals surface area contributed by atoms with Crippen molar-refractivity contribution in [1.29, 1.82) is 0 Å². The second kappa shape index (κ2) is 8.67. The summed E-state index contributed by atoms with van der Waals surface area (Å²) < 4.78 is 0.943. The van der Waals surface area contributed by atoms with Crippen LogP contribution in [0.15, 0.2) is 47.1 Å². The number of nitrogens with one attached hydrogen (secondary N) is 2. The molecule has 0 unspecified atom stereocenters. The summed E-state index contributed by atoms with van der Waals surface area (Å²) in [6.07, 6.45) is 3.11. The van der Waals surface area contributed by atoms with E-state index in [9.17, 15) is 4.79 Å². The summed E-state index contributed by atoms with van der Waals surface area (Å²) in [4.78, 5) is 16.4. The van der Waals surface area contributed by atoms with Crippen LogP contribution < -0.4 is 10.6 Å². The van der Waals surface area contributed by atoms with E-state index in [1.165, 1.54) is 0 Å². The van der Waals surface area contributed by atoms with Crippen molar-refractivity contribution in [3.8, 4) is 0 Å². The minimum Gasteiger partial charge on any atom is -0.370 e. The number of hydrogen-bond acceptors (Lipinski definition) is 3. The Morgan fingerprint density at radius 3 is 2.65 bits per heavy atom. The summed E-state index contributed by atoms with van der Waals surface area (Å²) in [5, 5.41) is 6.14. The molecular weight excluding hydrogens is 354 g/mol. The van der Waals surface area contributed by atoms with Gasteiger partial charge in [0.25, 0.3) is 0 Å². The van der Waals surface area contributed by atoms with E-state index in [0.29, 0.717) is 18.0 Å². The van der Waals surface area contributed by atoms with Gasteiger partial charge in [0.2, 0.25) is 5.91 Å². The van der Waals surface area contributed by atoms with Gasteiger partial charge in [-0.05, 0) is 36.1 Å². The monoisotopic (exact) mass is 375 g/mol. The number of halogens is 1. The Morgan fingerprint density at radius 2 is 2.00 bits per heavy atom. The van der Waals surface area contributed by atoms with Gasteiger partial charge in [-0.25, -0.2) is 4.98 Å². The molecule has 122 valence electrons. The second-order valence-corrected chi connectivity index (χ2v) is 6.71. The highest BCUT2D eigenvalue weighted by molar-refractivity contribution is 9.10. The number of pyridine rings is 1. The van der Waals surface area contributed by atoms with Crippen LogP contribution in [0.3, 0.4) is 0 Å². The van der Waals surface area contributed by atoms with E-state index in [1.54, 1.807) is 6.20 Å². The van der Waals surface area contributed by atoms with E-state index >= 15 is 0 Å². The van der Waals surface area contributed by atoms with Gasteiger partial charge in [0.15, 0.2) is 0 Å². The number of benzene rings is 1. The highest BCUT2D eigenvalue weighted by atomic mass is 79.9. The van der Waals surface area contributed by atoms with Gasteiger partial charge < -0.3 is 10.6 Å². The highest BCUT2D eigenvalue weighted by Gasteiger charge is 2.07. The normalized spacial score (nSPS) is 10.6. The first kappa shape index (κ1) is 17.5. The zero-order valence-electron chi connectivity index (χ0n) is 13.5. The quantitative estimate of drug-likeness (QED) is 0.749. The molecule has 0 fully saturated rings. The lowest BCUT2D eigenvalue weighted by Crippen LogP contribution is -2.15. The van der Waals surface area contributed by atoms with Gasteiger partial charge in [0.05, 0.1) is 18.3 Å². The lowest BCUT2D eigenvalue weighted by atomic mass is 10.1. The smallest absolute Gasteiger partial charge is 0.228 e. The molecule has 5 heteroatoms. The summed E-state index contributed by atoms with van der Waals surface area (Å²) in [5.41, 5.74) is 1.67. The molecule has 4 nitrogen and oxygen atoms in total. The Morgan fingerprint density at radius 1 is 1.22 bits per heavy atom. The number of amides is 1. The van der Waals surface area contributed by atoms with Gasteiger partial charge in [-0.3, -0.25) is 4.79 Å². The minimum atomic E-state index is -0.0563. The molecule has 0 saturated carbocycles. The number of carbonyl (C=O) groups excluding carboxylic acids is 1.